The van der Waals surface area contributed by atoms with E-state index in [4.69, 9.17) is 9.84 Å². The van der Waals surface area contributed by atoms with Gasteiger partial charge in [0.25, 0.3) is 0 Å². The molecule has 2 aromatic carbocycles. The van der Waals surface area contributed by atoms with E-state index < -0.39 is 0 Å². The molecular formula is C22H24O3. The summed E-state index contributed by atoms with van der Waals surface area (Å²) < 4.78 is 4.97. The number of rotatable bonds is 6. The van der Waals surface area contributed by atoms with Crippen LogP contribution in [0.3, 0.4) is 0 Å². The summed E-state index contributed by atoms with van der Waals surface area (Å²) in [6, 6.07) is 16.3. The second-order valence-electron chi connectivity index (χ2n) is 5.81. The Morgan fingerprint density at radius 2 is 1.72 bits per heavy atom. The van der Waals surface area contributed by atoms with E-state index in [1.807, 2.05) is 44.2 Å². The Labute approximate surface area is 149 Å². The van der Waals surface area contributed by atoms with E-state index in [9.17, 15) is 4.79 Å². The summed E-state index contributed by atoms with van der Waals surface area (Å²) in [4.78, 5) is 11.6. The van der Waals surface area contributed by atoms with Crippen molar-refractivity contribution >= 4 is 17.1 Å². The molecule has 2 aromatic rings. The normalized spacial score (nSPS) is 12.2. The first-order chi connectivity index (χ1) is 12.0. The highest BCUT2D eigenvalue weighted by Crippen LogP contribution is 2.25. The van der Waals surface area contributed by atoms with Crippen molar-refractivity contribution in [2.75, 3.05) is 13.2 Å². The van der Waals surface area contributed by atoms with E-state index in [1.54, 1.807) is 13.0 Å². The Kier molecular flexibility index (Phi) is 6.72. The van der Waals surface area contributed by atoms with Crippen molar-refractivity contribution in [2.24, 2.45) is 0 Å². The molecule has 2 rings (SSSR count). The van der Waals surface area contributed by atoms with Crippen LogP contribution in [0.2, 0.25) is 0 Å². The first-order valence-corrected chi connectivity index (χ1v) is 8.39. The van der Waals surface area contributed by atoms with Crippen molar-refractivity contribution in [1.29, 1.82) is 0 Å². The smallest absolute Gasteiger partial charge is 0.331 e. The van der Waals surface area contributed by atoms with Crippen molar-refractivity contribution in [3.63, 3.8) is 0 Å². The number of carbonyl (C=O) groups is 1. The van der Waals surface area contributed by atoms with Gasteiger partial charge >= 0.3 is 5.97 Å². The van der Waals surface area contributed by atoms with Gasteiger partial charge in [0.2, 0.25) is 0 Å². The van der Waals surface area contributed by atoms with Gasteiger partial charge in [-0.15, -0.1) is 0 Å². The molecule has 25 heavy (non-hydrogen) atoms. The van der Waals surface area contributed by atoms with E-state index in [2.05, 4.69) is 18.2 Å². The minimum absolute atomic E-state index is 0.0434. The maximum Gasteiger partial charge on any atom is 0.331 e. The highest BCUT2D eigenvalue weighted by Gasteiger charge is 2.04. The van der Waals surface area contributed by atoms with E-state index in [0.29, 0.717) is 6.61 Å². The summed E-state index contributed by atoms with van der Waals surface area (Å²) in [6.07, 6.45) is 3.31. The van der Waals surface area contributed by atoms with Gasteiger partial charge in [0, 0.05) is 6.08 Å². The highest BCUT2D eigenvalue weighted by molar-refractivity contribution is 5.91. The molecule has 0 spiro atoms. The predicted octanol–water partition coefficient (Wildman–Crippen LogP) is 4.72. The van der Waals surface area contributed by atoms with Crippen LogP contribution >= 0.6 is 0 Å². The molecule has 0 atom stereocenters. The van der Waals surface area contributed by atoms with Crippen LogP contribution in [-0.2, 0) is 9.53 Å². The van der Waals surface area contributed by atoms with E-state index in [1.165, 1.54) is 6.08 Å². The lowest BCUT2D eigenvalue weighted by atomic mass is 9.97. The summed E-state index contributed by atoms with van der Waals surface area (Å²) in [5.74, 6) is -0.319. The molecule has 0 aliphatic heterocycles. The summed E-state index contributed by atoms with van der Waals surface area (Å²) in [6.45, 7) is 6.10. The maximum absolute atomic E-state index is 11.6. The molecule has 3 nitrogen and oxygen atoms in total. The Balaban J connectivity index is 2.27. The minimum atomic E-state index is -0.319. The van der Waals surface area contributed by atoms with Gasteiger partial charge in [0.05, 0.1) is 13.2 Å². The standard InChI is InChI=1S/C22H24O3/c1-4-25-22(24)14-17(3)20-6-5-7-21(15-20)19-10-8-18(9-11-19)16(2)12-13-23/h5-12,14-15,23H,4,13H2,1-3H3/b16-12+,17-14+. The molecule has 1 N–H and O–H groups in total. The molecule has 0 fully saturated rings. The Morgan fingerprint density at radius 3 is 2.36 bits per heavy atom. The van der Waals surface area contributed by atoms with Crippen molar-refractivity contribution in [2.45, 2.75) is 20.8 Å². The number of hydrogen-bond donors (Lipinski definition) is 1. The van der Waals surface area contributed by atoms with Gasteiger partial charge in [0.15, 0.2) is 0 Å². The fourth-order valence-electron chi connectivity index (χ4n) is 2.57. The topological polar surface area (TPSA) is 46.5 Å². The number of ether oxygens (including phenoxy) is 1. The van der Waals surface area contributed by atoms with Gasteiger partial charge < -0.3 is 9.84 Å². The lowest BCUT2D eigenvalue weighted by Crippen LogP contribution is -2.00. The monoisotopic (exact) mass is 336 g/mol. The number of allylic oxidation sites excluding steroid dienone is 2. The van der Waals surface area contributed by atoms with Crippen molar-refractivity contribution in [3.8, 4) is 11.1 Å². The molecule has 0 aromatic heterocycles. The summed E-state index contributed by atoms with van der Waals surface area (Å²) >= 11 is 0. The fraction of sp³-hybridized carbons (Fsp3) is 0.227. The Morgan fingerprint density at radius 1 is 1.00 bits per heavy atom. The maximum atomic E-state index is 11.6. The van der Waals surface area contributed by atoms with Gasteiger partial charge in [-0.25, -0.2) is 4.79 Å². The highest BCUT2D eigenvalue weighted by atomic mass is 16.5. The number of aliphatic hydroxyl groups excluding tert-OH is 1. The minimum Gasteiger partial charge on any atom is -0.463 e. The molecule has 0 saturated heterocycles. The van der Waals surface area contributed by atoms with E-state index in [-0.39, 0.29) is 12.6 Å². The molecule has 0 aliphatic carbocycles. The number of carbonyl (C=O) groups excluding carboxylic acids is 1. The second kappa shape index (κ2) is 9.00. The molecule has 0 amide bonds. The van der Waals surface area contributed by atoms with Crippen molar-refractivity contribution < 1.29 is 14.6 Å². The summed E-state index contributed by atoms with van der Waals surface area (Å²) in [7, 11) is 0. The van der Waals surface area contributed by atoms with Crippen LogP contribution in [0, 0.1) is 0 Å². The third-order valence-electron chi connectivity index (χ3n) is 4.01. The molecule has 3 heteroatoms. The second-order valence-corrected chi connectivity index (χ2v) is 5.81. The molecule has 0 unspecified atom stereocenters. The lowest BCUT2D eigenvalue weighted by Gasteiger charge is -2.08. The van der Waals surface area contributed by atoms with E-state index in [0.717, 1.165) is 33.4 Å². The fourth-order valence-corrected chi connectivity index (χ4v) is 2.57. The molecule has 0 saturated carbocycles. The van der Waals surface area contributed by atoms with Gasteiger partial charge in [-0.05, 0) is 60.2 Å². The van der Waals surface area contributed by atoms with Crippen LogP contribution in [0.5, 0.6) is 0 Å². The van der Waals surface area contributed by atoms with Crippen molar-refractivity contribution in [3.05, 3.63) is 71.8 Å². The van der Waals surface area contributed by atoms with Crippen LogP contribution in [0.25, 0.3) is 22.3 Å². The summed E-state index contributed by atoms with van der Waals surface area (Å²) in [5.41, 5.74) is 6.20. The molecule has 0 heterocycles. The van der Waals surface area contributed by atoms with E-state index >= 15 is 0 Å². The van der Waals surface area contributed by atoms with Crippen molar-refractivity contribution in [1.82, 2.24) is 0 Å². The number of esters is 1. The van der Waals surface area contributed by atoms with Gasteiger partial charge in [0.1, 0.15) is 0 Å². The zero-order valence-electron chi connectivity index (χ0n) is 15.0. The van der Waals surface area contributed by atoms with Crippen LogP contribution in [0.4, 0.5) is 0 Å². The SMILES string of the molecule is CCOC(=O)/C=C(\C)c1cccc(-c2ccc(/C(C)=C/CO)cc2)c1. The Hall–Kier alpha value is -2.65. The average Bonchev–Trinajstić information content (AvgIpc) is 2.62. The largest absolute Gasteiger partial charge is 0.463 e. The number of benzene rings is 2. The number of hydrogen-bond acceptors (Lipinski definition) is 3. The van der Waals surface area contributed by atoms with Crippen LogP contribution in [0.1, 0.15) is 31.9 Å². The zero-order valence-corrected chi connectivity index (χ0v) is 15.0. The molecule has 0 aliphatic rings. The molecule has 0 radical (unpaired) electrons. The zero-order chi connectivity index (χ0) is 18.2. The van der Waals surface area contributed by atoms with Crippen LogP contribution in [0.15, 0.2) is 60.7 Å². The summed E-state index contributed by atoms with van der Waals surface area (Å²) in [5, 5.41) is 8.99. The first-order valence-electron chi connectivity index (χ1n) is 8.39. The molecule has 0 bridgehead atoms. The average molecular weight is 336 g/mol. The van der Waals surface area contributed by atoms with Gasteiger partial charge in [-0.1, -0.05) is 48.5 Å². The van der Waals surface area contributed by atoms with Crippen LogP contribution < -0.4 is 0 Å². The quantitative estimate of drug-likeness (QED) is 0.613. The third kappa shape index (κ3) is 5.16. The molecular weight excluding hydrogens is 312 g/mol. The van der Waals surface area contributed by atoms with Gasteiger partial charge in [-0.2, -0.15) is 0 Å². The lowest BCUT2D eigenvalue weighted by molar-refractivity contribution is -0.137. The predicted molar refractivity (Wildman–Crippen MR) is 103 cm³/mol. The van der Waals surface area contributed by atoms with Crippen LogP contribution in [-0.4, -0.2) is 24.3 Å². The van der Waals surface area contributed by atoms with Gasteiger partial charge in [-0.3, -0.25) is 0 Å². The third-order valence-corrected chi connectivity index (χ3v) is 4.01. The number of aliphatic hydroxyl groups is 1. The molecule has 130 valence electrons. The first kappa shape index (κ1) is 18.7. The Bertz CT molecular complexity index is 783.